The van der Waals surface area contributed by atoms with E-state index in [1.807, 2.05) is 0 Å². The monoisotopic (exact) mass is 825 g/mol. The van der Waals surface area contributed by atoms with Crippen LogP contribution in [0.2, 0.25) is 0 Å². The highest BCUT2D eigenvalue weighted by atomic mass is 35.5. The minimum atomic E-state index is -1.07. The second-order valence-corrected chi connectivity index (χ2v) is 14.4. The van der Waals surface area contributed by atoms with Gasteiger partial charge in [0.25, 0.3) is 0 Å². The molecule has 0 aliphatic rings. The van der Waals surface area contributed by atoms with Crippen LogP contribution in [0.1, 0.15) is 72.3 Å². The molecule has 2 rings (SSSR count). The number of carboxylic acid groups (broad SMARTS) is 1. The summed E-state index contributed by atoms with van der Waals surface area (Å²) in [6, 6.07) is -1.94. The van der Waals surface area contributed by atoms with Crippen molar-refractivity contribution in [3.05, 3.63) is 27.2 Å². The van der Waals surface area contributed by atoms with Crippen LogP contribution in [0.4, 0.5) is 14.7 Å². The molecule has 0 unspecified atom stereocenters. The van der Waals surface area contributed by atoms with Gasteiger partial charge in [-0.15, -0.1) is 23.7 Å². The standard InChI is InChI=1S/C16H23N3O6S.C9H18N2O4.C6H6N2O3S.ClH/c1-16(2,3)25-15(23)19-11(14(22)24-4)8-17-12(21)5-6-13-18-7-10(9-20)26-13;1-9(2,3)15-8(13)11-6(5-10)7(12)14-4;9-3-4-1-7-6(12-4)8-2-5(10)11;/h7,9,11H,5-6,8H2,1-4H3,(H,17,21)(H,19,23);6H,5,10H2,1-4H3,(H,11,13);1,3H,2H2,(H,7,8)(H,10,11);1H/t11-;6-;;/m00../s1. The Morgan fingerprint density at radius 2 is 1.31 bits per heavy atom. The number of amides is 3. The van der Waals surface area contributed by atoms with Gasteiger partial charge in [-0.05, 0) is 41.5 Å². The van der Waals surface area contributed by atoms with Crippen molar-refractivity contribution in [2.45, 2.75) is 77.7 Å². The van der Waals surface area contributed by atoms with Crippen molar-refractivity contribution in [3.8, 4) is 0 Å². The predicted octanol–water partition coefficient (Wildman–Crippen LogP) is 1.96. The fraction of sp³-hybridized carbons (Fsp3) is 0.548. The number of esters is 2. The number of thiazole rings is 2. The van der Waals surface area contributed by atoms with Crippen LogP contribution < -0.4 is 27.0 Å². The molecule has 304 valence electrons. The van der Waals surface area contributed by atoms with Crippen molar-refractivity contribution in [1.29, 1.82) is 0 Å². The van der Waals surface area contributed by atoms with E-state index < -0.39 is 53.4 Å². The van der Waals surface area contributed by atoms with Gasteiger partial charge in [0.2, 0.25) is 5.91 Å². The Bertz CT molecular complexity index is 1520. The van der Waals surface area contributed by atoms with Crippen LogP contribution in [-0.2, 0) is 44.5 Å². The molecule has 0 fully saturated rings. The number of hydrogen-bond donors (Lipinski definition) is 6. The summed E-state index contributed by atoms with van der Waals surface area (Å²) in [5.41, 5.74) is 3.96. The number of aldehydes is 2. The maximum absolute atomic E-state index is 11.9. The molecular formula is C31H48ClN7O13S2. The van der Waals surface area contributed by atoms with Crippen LogP contribution in [0.5, 0.6) is 0 Å². The normalized spacial score (nSPS) is 11.4. The first-order valence-corrected chi connectivity index (χ1v) is 17.2. The number of hydrogen-bond acceptors (Lipinski definition) is 18. The van der Waals surface area contributed by atoms with Gasteiger partial charge in [-0.2, -0.15) is 0 Å². The molecule has 0 saturated carbocycles. The summed E-state index contributed by atoms with van der Waals surface area (Å²) in [5, 5.41) is 19.2. The quantitative estimate of drug-likeness (QED) is 0.0850. The van der Waals surface area contributed by atoms with E-state index >= 15 is 0 Å². The van der Waals surface area contributed by atoms with E-state index in [9.17, 15) is 38.4 Å². The molecule has 2 atom stereocenters. The summed E-state index contributed by atoms with van der Waals surface area (Å²) in [7, 11) is 2.41. The van der Waals surface area contributed by atoms with E-state index in [2.05, 4.69) is 40.7 Å². The minimum Gasteiger partial charge on any atom is -0.480 e. The zero-order valence-electron chi connectivity index (χ0n) is 31.0. The van der Waals surface area contributed by atoms with Gasteiger partial charge in [-0.1, -0.05) is 11.3 Å². The van der Waals surface area contributed by atoms with Gasteiger partial charge in [-0.3, -0.25) is 19.2 Å². The van der Waals surface area contributed by atoms with Gasteiger partial charge in [0, 0.05) is 32.1 Å². The first-order valence-electron chi connectivity index (χ1n) is 15.5. The van der Waals surface area contributed by atoms with Gasteiger partial charge in [0.05, 0.1) is 35.2 Å². The number of nitrogens with two attached hydrogens (primary N) is 1. The van der Waals surface area contributed by atoms with Crippen LogP contribution in [0.3, 0.4) is 0 Å². The molecule has 0 aromatic carbocycles. The van der Waals surface area contributed by atoms with Gasteiger partial charge < -0.3 is 51.1 Å². The van der Waals surface area contributed by atoms with Gasteiger partial charge in [0.15, 0.2) is 17.7 Å². The number of carbonyl (C=O) groups excluding carboxylic acids is 7. The summed E-state index contributed by atoms with van der Waals surface area (Å²) in [6.45, 7) is 9.88. The fourth-order valence-electron chi connectivity index (χ4n) is 3.18. The summed E-state index contributed by atoms with van der Waals surface area (Å²) in [6.07, 6.45) is 3.23. The van der Waals surface area contributed by atoms with E-state index in [-0.39, 0.29) is 44.4 Å². The third-order valence-corrected chi connectivity index (χ3v) is 7.24. The van der Waals surface area contributed by atoms with E-state index in [4.69, 9.17) is 20.3 Å². The van der Waals surface area contributed by atoms with Crippen molar-refractivity contribution in [2.75, 3.05) is 39.2 Å². The largest absolute Gasteiger partial charge is 0.480 e. The van der Waals surface area contributed by atoms with Crippen LogP contribution in [0, 0.1) is 0 Å². The van der Waals surface area contributed by atoms with E-state index in [1.54, 1.807) is 41.5 Å². The third kappa shape index (κ3) is 24.3. The topological polar surface area (TPSA) is 294 Å². The summed E-state index contributed by atoms with van der Waals surface area (Å²) in [5.74, 6) is -2.58. The van der Waals surface area contributed by atoms with Gasteiger partial charge >= 0.3 is 30.1 Å². The molecule has 0 saturated heterocycles. The SMILES string of the molecule is COC(=O)[C@H](CN)NC(=O)OC(C)(C)C.COC(=O)[C@H](CNC(=O)CCc1ncc(C=O)s1)NC(=O)OC(C)(C)C.Cl.O=Cc1cnc(NCC(=O)O)s1. The maximum Gasteiger partial charge on any atom is 0.408 e. The minimum absolute atomic E-state index is 0. The molecule has 0 aliphatic heterocycles. The van der Waals surface area contributed by atoms with Crippen LogP contribution in [0.15, 0.2) is 12.4 Å². The molecule has 2 aromatic heterocycles. The first-order chi connectivity index (χ1) is 24.7. The van der Waals surface area contributed by atoms with E-state index in [1.165, 1.54) is 38.0 Å². The number of aryl methyl sites for hydroxylation is 1. The highest BCUT2D eigenvalue weighted by Crippen LogP contribution is 2.15. The number of aliphatic carboxylic acids is 1. The summed E-state index contributed by atoms with van der Waals surface area (Å²) >= 11 is 2.34. The number of aromatic nitrogens is 2. The zero-order valence-corrected chi connectivity index (χ0v) is 33.5. The summed E-state index contributed by atoms with van der Waals surface area (Å²) < 4.78 is 19.1. The van der Waals surface area contributed by atoms with Crippen molar-refractivity contribution in [2.24, 2.45) is 5.73 Å². The second-order valence-electron chi connectivity index (χ2n) is 12.2. The molecule has 0 spiro atoms. The molecule has 54 heavy (non-hydrogen) atoms. The smallest absolute Gasteiger partial charge is 0.408 e. The molecule has 0 bridgehead atoms. The molecule has 7 N–H and O–H groups in total. The third-order valence-electron chi connectivity index (χ3n) is 5.38. The highest BCUT2D eigenvalue weighted by molar-refractivity contribution is 7.17. The van der Waals surface area contributed by atoms with Gasteiger partial charge in [-0.25, -0.2) is 29.1 Å². The maximum atomic E-state index is 11.9. The Balaban J connectivity index is 0. The number of rotatable bonds is 15. The number of alkyl carbamates (subject to hydrolysis) is 2. The summed E-state index contributed by atoms with van der Waals surface area (Å²) in [4.78, 5) is 97.4. The predicted molar refractivity (Wildman–Crippen MR) is 199 cm³/mol. The Kier molecular flexibility index (Phi) is 24.6. The van der Waals surface area contributed by atoms with E-state index in [0.29, 0.717) is 38.9 Å². The second kappa shape index (κ2) is 25.9. The number of carbonyl (C=O) groups is 8. The Hall–Kier alpha value is -4.93. The van der Waals surface area contributed by atoms with Crippen molar-refractivity contribution in [3.63, 3.8) is 0 Å². The number of methoxy groups -OCH3 is 2. The molecule has 2 aromatic rings. The van der Waals surface area contributed by atoms with Crippen molar-refractivity contribution in [1.82, 2.24) is 25.9 Å². The molecular weight excluding hydrogens is 778 g/mol. The van der Waals surface area contributed by atoms with Crippen molar-refractivity contribution < 1.29 is 62.4 Å². The van der Waals surface area contributed by atoms with Crippen LogP contribution in [0.25, 0.3) is 0 Å². The molecule has 0 radical (unpaired) electrons. The zero-order chi connectivity index (χ0) is 40.8. The number of nitrogens with zero attached hydrogens (tertiary/aromatic N) is 2. The molecule has 0 aliphatic carbocycles. The number of halogens is 1. The molecule has 23 heteroatoms. The van der Waals surface area contributed by atoms with Gasteiger partial charge in [0.1, 0.15) is 29.8 Å². The lowest BCUT2D eigenvalue weighted by atomic mass is 10.2. The highest BCUT2D eigenvalue weighted by Gasteiger charge is 2.26. The lowest BCUT2D eigenvalue weighted by Crippen LogP contribution is -2.50. The number of ether oxygens (including phenoxy) is 4. The molecule has 3 amide bonds. The Morgan fingerprint density at radius 3 is 1.74 bits per heavy atom. The Labute approximate surface area is 326 Å². The molecule has 20 nitrogen and oxygen atoms in total. The average molecular weight is 826 g/mol. The fourth-order valence-corrected chi connectivity index (χ4v) is 4.55. The van der Waals surface area contributed by atoms with Crippen LogP contribution >= 0.6 is 35.1 Å². The number of carboxylic acids is 1. The average Bonchev–Trinajstić information content (AvgIpc) is 3.75. The van der Waals surface area contributed by atoms with Crippen LogP contribution in [-0.4, -0.2) is 121 Å². The number of nitrogens with one attached hydrogen (secondary N) is 4. The van der Waals surface area contributed by atoms with Crippen molar-refractivity contribution >= 4 is 88.8 Å². The first kappa shape index (κ1) is 51.2. The Morgan fingerprint density at radius 1 is 0.833 bits per heavy atom. The molecule has 2 heterocycles. The van der Waals surface area contributed by atoms with E-state index in [0.717, 1.165) is 11.3 Å². The lowest BCUT2D eigenvalue weighted by molar-refractivity contribution is -0.143. The lowest BCUT2D eigenvalue weighted by Gasteiger charge is -2.22. The number of anilines is 1.